The van der Waals surface area contributed by atoms with E-state index >= 15 is 0 Å². The first-order valence-electron chi connectivity index (χ1n) is 8.30. The number of nitrogens with one attached hydrogen (secondary N) is 2. The fourth-order valence-electron chi connectivity index (χ4n) is 2.54. The van der Waals surface area contributed by atoms with Crippen LogP contribution in [-0.4, -0.2) is 36.1 Å². The van der Waals surface area contributed by atoms with Crippen molar-refractivity contribution in [2.45, 2.75) is 0 Å². The summed E-state index contributed by atoms with van der Waals surface area (Å²) >= 11 is 0. The molecule has 0 spiro atoms. The van der Waals surface area contributed by atoms with Crippen molar-refractivity contribution in [1.82, 2.24) is 15.3 Å². The first-order chi connectivity index (χ1) is 12.8. The summed E-state index contributed by atoms with van der Waals surface area (Å²) in [6.07, 6.45) is 3.33. The normalized spacial score (nSPS) is 10.2. The Bertz CT molecular complexity index is 854. The molecule has 0 saturated carbocycles. The summed E-state index contributed by atoms with van der Waals surface area (Å²) in [5.74, 6) is 1.13. The van der Waals surface area contributed by atoms with E-state index in [1.807, 2.05) is 42.5 Å². The lowest BCUT2D eigenvalue weighted by Crippen LogP contribution is -2.29. The molecule has 0 saturated heterocycles. The predicted octanol–water partition coefficient (Wildman–Crippen LogP) is 2.99. The maximum atomic E-state index is 12.4. The number of rotatable bonds is 7. The smallest absolute Gasteiger partial charge is 0.251 e. The fourth-order valence-corrected chi connectivity index (χ4v) is 2.54. The second-order valence-corrected chi connectivity index (χ2v) is 5.54. The van der Waals surface area contributed by atoms with Gasteiger partial charge in [0.05, 0.1) is 7.11 Å². The largest absolute Gasteiger partial charge is 0.496 e. The topological polar surface area (TPSA) is 76.1 Å². The van der Waals surface area contributed by atoms with Crippen molar-refractivity contribution < 1.29 is 9.53 Å². The zero-order valence-corrected chi connectivity index (χ0v) is 14.5. The second-order valence-electron chi connectivity index (χ2n) is 5.54. The van der Waals surface area contributed by atoms with Gasteiger partial charge < -0.3 is 15.4 Å². The van der Waals surface area contributed by atoms with Crippen molar-refractivity contribution >= 4 is 11.9 Å². The lowest BCUT2D eigenvalue weighted by Gasteiger charge is -2.11. The Balaban J connectivity index is 1.64. The van der Waals surface area contributed by atoms with Crippen LogP contribution in [0.1, 0.15) is 10.4 Å². The van der Waals surface area contributed by atoms with Crippen LogP contribution in [0.5, 0.6) is 5.75 Å². The zero-order valence-electron chi connectivity index (χ0n) is 14.5. The van der Waals surface area contributed by atoms with Crippen molar-refractivity contribution in [3.8, 4) is 16.9 Å². The van der Waals surface area contributed by atoms with Crippen LogP contribution in [-0.2, 0) is 0 Å². The molecule has 0 radical (unpaired) electrons. The number of nitrogens with zero attached hydrogens (tertiary/aromatic N) is 2. The molecule has 0 fully saturated rings. The number of amides is 1. The summed E-state index contributed by atoms with van der Waals surface area (Å²) < 4.78 is 5.43. The molecule has 1 aromatic heterocycles. The molecule has 0 aliphatic heterocycles. The molecule has 6 nitrogen and oxygen atoms in total. The monoisotopic (exact) mass is 348 g/mol. The highest BCUT2D eigenvalue weighted by Crippen LogP contribution is 2.30. The van der Waals surface area contributed by atoms with E-state index in [2.05, 4.69) is 20.6 Å². The van der Waals surface area contributed by atoms with Gasteiger partial charge in [0, 0.05) is 36.6 Å². The van der Waals surface area contributed by atoms with Crippen LogP contribution in [0.2, 0.25) is 0 Å². The molecular weight excluding hydrogens is 328 g/mol. The quantitative estimate of drug-likeness (QED) is 0.642. The fraction of sp³-hybridized carbons (Fsp3) is 0.150. The van der Waals surface area contributed by atoms with Crippen molar-refractivity contribution in [1.29, 1.82) is 0 Å². The lowest BCUT2D eigenvalue weighted by molar-refractivity contribution is 0.0955. The van der Waals surface area contributed by atoms with Gasteiger partial charge in [0.1, 0.15) is 5.75 Å². The first-order valence-corrected chi connectivity index (χ1v) is 8.30. The number of benzene rings is 2. The van der Waals surface area contributed by atoms with Crippen molar-refractivity contribution in [3.05, 3.63) is 72.6 Å². The van der Waals surface area contributed by atoms with E-state index in [0.29, 0.717) is 24.6 Å². The first kappa shape index (κ1) is 17.4. The minimum atomic E-state index is -0.138. The number of carbonyl (C=O) groups is 1. The molecule has 1 amide bonds. The Labute approximate surface area is 152 Å². The Morgan fingerprint density at radius 1 is 1.00 bits per heavy atom. The molecule has 1 heterocycles. The summed E-state index contributed by atoms with van der Waals surface area (Å²) in [7, 11) is 1.62. The maximum Gasteiger partial charge on any atom is 0.251 e. The van der Waals surface area contributed by atoms with Crippen LogP contribution < -0.4 is 15.4 Å². The molecule has 0 atom stereocenters. The van der Waals surface area contributed by atoms with Gasteiger partial charge in [-0.2, -0.15) is 0 Å². The van der Waals surface area contributed by atoms with E-state index in [-0.39, 0.29) is 5.91 Å². The number of anilines is 1. The van der Waals surface area contributed by atoms with Gasteiger partial charge in [0.25, 0.3) is 5.91 Å². The molecular formula is C20H20N4O2. The van der Waals surface area contributed by atoms with Crippen LogP contribution in [0, 0.1) is 0 Å². The molecule has 0 bridgehead atoms. The van der Waals surface area contributed by atoms with Gasteiger partial charge in [0.2, 0.25) is 5.95 Å². The number of carbonyl (C=O) groups excluding carboxylic acids is 1. The Kier molecular flexibility index (Phi) is 5.77. The van der Waals surface area contributed by atoms with Gasteiger partial charge in [0.15, 0.2) is 0 Å². The summed E-state index contributed by atoms with van der Waals surface area (Å²) in [5, 5.41) is 5.94. The Morgan fingerprint density at radius 3 is 2.50 bits per heavy atom. The number of ether oxygens (including phenoxy) is 1. The lowest BCUT2D eigenvalue weighted by atomic mass is 10.0. The van der Waals surface area contributed by atoms with Crippen molar-refractivity contribution in [2.75, 3.05) is 25.5 Å². The Hall–Kier alpha value is -3.41. The second kappa shape index (κ2) is 8.62. The molecule has 2 N–H and O–H groups in total. The molecule has 0 aliphatic rings. The number of methoxy groups -OCH3 is 1. The summed E-state index contributed by atoms with van der Waals surface area (Å²) in [5.41, 5.74) is 2.47. The number of aromatic nitrogens is 2. The van der Waals surface area contributed by atoms with Gasteiger partial charge in [-0.3, -0.25) is 4.79 Å². The molecule has 3 rings (SSSR count). The molecule has 3 aromatic rings. The molecule has 0 unspecified atom stereocenters. The van der Waals surface area contributed by atoms with E-state index in [9.17, 15) is 4.79 Å². The highest BCUT2D eigenvalue weighted by Gasteiger charge is 2.11. The average molecular weight is 348 g/mol. The van der Waals surface area contributed by atoms with E-state index in [1.54, 1.807) is 31.6 Å². The highest BCUT2D eigenvalue weighted by atomic mass is 16.5. The third-order valence-electron chi connectivity index (χ3n) is 3.81. The van der Waals surface area contributed by atoms with Crippen molar-refractivity contribution in [3.63, 3.8) is 0 Å². The molecule has 0 aliphatic carbocycles. The van der Waals surface area contributed by atoms with Crippen LogP contribution >= 0.6 is 0 Å². The van der Waals surface area contributed by atoms with E-state index < -0.39 is 0 Å². The van der Waals surface area contributed by atoms with Crippen LogP contribution in [0.15, 0.2) is 67.0 Å². The summed E-state index contributed by atoms with van der Waals surface area (Å²) in [4.78, 5) is 20.6. The number of hydrogen-bond acceptors (Lipinski definition) is 5. The van der Waals surface area contributed by atoms with Crippen LogP contribution in [0.25, 0.3) is 11.1 Å². The summed E-state index contributed by atoms with van der Waals surface area (Å²) in [6, 6.07) is 17.0. The number of hydrogen-bond donors (Lipinski definition) is 2. The minimum absolute atomic E-state index is 0.138. The highest BCUT2D eigenvalue weighted by molar-refractivity contribution is 5.96. The molecule has 2 aromatic carbocycles. The van der Waals surface area contributed by atoms with Gasteiger partial charge >= 0.3 is 0 Å². The molecule has 132 valence electrons. The van der Waals surface area contributed by atoms with Crippen LogP contribution in [0.4, 0.5) is 5.95 Å². The average Bonchev–Trinajstić information content (AvgIpc) is 2.72. The van der Waals surface area contributed by atoms with E-state index in [0.717, 1.165) is 16.9 Å². The van der Waals surface area contributed by atoms with E-state index in [1.165, 1.54) is 0 Å². The van der Waals surface area contributed by atoms with Crippen LogP contribution in [0.3, 0.4) is 0 Å². The molecule has 6 heteroatoms. The molecule has 26 heavy (non-hydrogen) atoms. The van der Waals surface area contributed by atoms with Gasteiger partial charge in [-0.1, -0.05) is 30.3 Å². The SMILES string of the molecule is COc1ccc(C(=O)NCCNc2ncccn2)cc1-c1ccccc1. The standard InChI is InChI=1S/C20H20N4O2/c1-26-18-9-8-16(14-17(18)15-6-3-2-4-7-15)19(25)21-12-13-24-20-22-10-5-11-23-20/h2-11,14H,12-13H2,1H3,(H,21,25)(H,22,23,24). The maximum absolute atomic E-state index is 12.4. The minimum Gasteiger partial charge on any atom is -0.496 e. The zero-order chi connectivity index (χ0) is 18.2. The third-order valence-corrected chi connectivity index (χ3v) is 3.81. The third kappa shape index (κ3) is 4.36. The summed E-state index contributed by atoms with van der Waals surface area (Å²) in [6.45, 7) is 1.00. The van der Waals surface area contributed by atoms with Gasteiger partial charge in [-0.15, -0.1) is 0 Å². The van der Waals surface area contributed by atoms with Gasteiger partial charge in [-0.25, -0.2) is 9.97 Å². The van der Waals surface area contributed by atoms with E-state index in [4.69, 9.17) is 4.74 Å². The van der Waals surface area contributed by atoms with Crippen molar-refractivity contribution in [2.24, 2.45) is 0 Å². The Morgan fingerprint density at radius 2 is 1.77 bits per heavy atom. The van der Waals surface area contributed by atoms with Gasteiger partial charge in [-0.05, 0) is 29.8 Å². The predicted molar refractivity (Wildman–Crippen MR) is 101 cm³/mol.